The lowest BCUT2D eigenvalue weighted by Crippen LogP contribution is -2.12. The number of carbonyl (C=O) groups excluding carboxylic acids is 1. The zero-order valence-corrected chi connectivity index (χ0v) is 18.3. The molecule has 12 heteroatoms. The molecule has 0 N–H and O–H groups in total. The Morgan fingerprint density at radius 2 is 1.78 bits per heavy atom. The van der Waals surface area contributed by atoms with Crippen LogP contribution in [0.5, 0.6) is 5.75 Å². The van der Waals surface area contributed by atoms with Crippen LogP contribution in [-0.2, 0) is 25.5 Å². The molecule has 32 heavy (non-hydrogen) atoms. The lowest BCUT2D eigenvalue weighted by molar-refractivity contribution is -0.141. The van der Waals surface area contributed by atoms with E-state index in [9.17, 15) is 26.4 Å². The molecule has 3 aromatic rings. The molecule has 0 fully saturated rings. The molecule has 0 radical (unpaired) electrons. The first kappa shape index (κ1) is 23.6. The van der Waals surface area contributed by atoms with Crippen LogP contribution in [0.25, 0.3) is 16.9 Å². The SMILES string of the molecule is COc1ccc(-n2nc(C(F)(F)F)cc2-c2ccc(S(=O)(=O)COC(C)=O)cc2)cc1Cl. The Hall–Kier alpha value is -3.05. The molecule has 1 aromatic heterocycles. The molecule has 3 rings (SSSR count). The van der Waals surface area contributed by atoms with E-state index in [1.54, 1.807) is 0 Å². The van der Waals surface area contributed by atoms with Gasteiger partial charge in [0.05, 0.1) is 28.4 Å². The zero-order valence-electron chi connectivity index (χ0n) is 16.7. The van der Waals surface area contributed by atoms with Crippen molar-refractivity contribution < 1.29 is 35.9 Å². The third-order valence-corrected chi connectivity index (χ3v) is 6.02. The Balaban J connectivity index is 2.06. The smallest absolute Gasteiger partial charge is 0.435 e. The topological polar surface area (TPSA) is 87.5 Å². The highest BCUT2D eigenvalue weighted by Crippen LogP contribution is 2.35. The highest BCUT2D eigenvalue weighted by molar-refractivity contribution is 7.91. The van der Waals surface area contributed by atoms with Gasteiger partial charge in [-0.25, -0.2) is 13.1 Å². The summed E-state index contributed by atoms with van der Waals surface area (Å²) in [6, 6.07) is 10.3. The molecule has 7 nitrogen and oxygen atoms in total. The number of carbonyl (C=O) groups is 1. The van der Waals surface area contributed by atoms with Gasteiger partial charge in [-0.15, -0.1) is 0 Å². The molecule has 0 unspecified atom stereocenters. The Kier molecular flexibility index (Phi) is 6.51. The van der Waals surface area contributed by atoms with Gasteiger partial charge < -0.3 is 9.47 Å². The summed E-state index contributed by atoms with van der Waals surface area (Å²) in [5, 5.41) is 3.83. The second-order valence-corrected chi connectivity index (χ2v) is 8.88. The molecule has 0 aliphatic heterocycles. The van der Waals surface area contributed by atoms with E-state index in [4.69, 9.17) is 16.3 Å². The van der Waals surface area contributed by atoms with Crippen molar-refractivity contribution in [2.75, 3.05) is 13.0 Å². The molecule has 0 atom stereocenters. The second kappa shape index (κ2) is 8.83. The molecule has 0 spiro atoms. The van der Waals surface area contributed by atoms with E-state index in [-0.39, 0.29) is 26.9 Å². The predicted molar refractivity (Wildman–Crippen MR) is 109 cm³/mol. The van der Waals surface area contributed by atoms with Crippen LogP contribution in [0.2, 0.25) is 5.02 Å². The lowest BCUT2D eigenvalue weighted by Gasteiger charge is -2.11. The number of ether oxygens (including phenoxy) is 2. The minimum Gasteiger partial charge on any atom is -0.495 e. The summed E-state index contributed by atoms with van der Waals surface area (Å²) in [6.45, 7) is 1.07. The molecule has 0 saturated carbocycles. The number of sulfone groups is 1. The summed E-state index contributed by atoms with van der Waals surface area (Å²) in [4.78, 5) is 10.7. The number of esters is 1. The molecular weight excluding hydrogens is 473 g/mol. The van der Waals surface area contributed by atoms with E-state index in [0.717, 1.165) is 17.7 Å². The van der Waals surface area contributed by atoms with Crippen molar-refractivity contribution in [2.45, 2.75) is 18.0 Å². The maximum atomic E-state index is 13.3. The number of alkyl halides is 3. The molecular formula is C20H16ClF3N2O5S. The number of benzene rings is 2. The second-order valence-electron chi connectivity index (χ2n) is 6.54. The Labute approximate surface area is 186 Å². The molecule has 170 valence electrons. The van der Waals surface area contributed by atoms with Crippen LogP contribution in [0.3, 0.4) is 0 Å². The number of hydrogen-bond acceptors (Lipinski definition) is 6. The third kappa shape index (κ3) is 5.05. The van der Waals surface area contributed by atoms with Gasteiger partial charge in [-0.3, -0.25) is 4.79 Å². The quantitative estimate of drug-likeness (QED) is 0.474. The van der Waals surface area contributed by atoms with Gasteiger partial charge >= 0.3 is 12.1 Å². The fourth-order valence-corrected chi connectivity index (χ4v) is 4.03. The maximum absolute atomic E-state index is 13.3. The minimum absolute atomic E-state index is 0.0579. The molecule has 0 aliphatic rings. The zero-order chi connectivity index (χ0) is 23.7. The number of aromatic nitrogens is 2. The molecule has 0 amide bonds. The van der Waals surface area contributed by atoms with Crippen LogP contribution in [0.15, 0.2) is 53.4 Å². The fourth-order valence-electron chi connectivity index (χ4n) is 2.77. The van der Waals surface area contributed by atoms with Gasteiger partial charge in [-0.2, -0.15) is 18.3 Å². The average Bonchev–Trinajstić information content (AvgIpc) is 3.18. The van der Waals surface area contributed by atoms with Crippen molar-refractivity contribution in [1.29, 1.82) is 0 Å². The van der Waals surface area contributed by atoms with Crippen molar-refractivity contribution in [2.24, 2.45) is 0 Å². The summed E-state index contributed by atoms with van der Waals surface area (Å²) >= 11 is 6.11. The number of hydrogen-bond donors (Lipinski definition) is 0. The van der Waals surface area contributed by atoms with E-state index in [0.29, 0.717) is 5.75 Å². The van der Waals surface area contributed by atoms with Gasteiger partial charge in [0.1, 0.15) is 5.75 Å². The van der Waals surface area contributed by atoms with Crippen molar-refractivity contribution in [3.63, 3.8) is 0 Å². The number of nitrogens with zero attached hydrogens (tertiary/aromatic N) is 2. The molecule has 1 heterocycles. The fraction of sp³-hybridized carbons (Fsp3) is 0.200. The number of halogens is 4. The highest BCUT2D eigenvalue weighted by atomic mass is 35.5. The summed E-state index contributed by atoms with van der Waals surface area (Å²) in [7, 11) is -2.52. The van der Waals surface area contributed by atoms with Gasteiger partial charge in [0.15, 0.2) is 11.6 Å². The normalized spacial score (nSPS) is 11.9. The highest BCUT2D eigenvalue weighted by Gasteiger charge is 2.35. The van der Waals surface area contributed by atoms with Crippen molar-refractivity contribution in [1.82, 2.24) is 9.78 Å². The summed E-state index contributed by atoms with van der Waals surface area (Å²) in [5.41, 5.74) is -0.562. The first-order chi connectivity index (χ1) is 14.9. The van der Waals surface area contributed by atoms with E-state index in [1.165, 1.54) is 49.6 Å². The monoisotopic (exact) mass is 488 g/mol. The van der Waals surface area contributed by atoms with Gasteiger partial charge in [-0.1, -0.05) is 23.7 Å². The van der Waals surface area contributed by atoms with Crippen LogP contribution in [0, 0.1) is 0 Å². The van der Waals surface area contributed by atoms with Crippen LogP contribution in [0.1, 0.15) is 12.6 Å². The first-order valence-corrected chi connectivity index (χ1v) is 10.9. The predicted octanol–water partition coefficient (Wildman–Crippen LogP) is 4.51. The summed E-state index contributed by atoms with van der Waals surface area (Å²) < 4.78 is 75.1. The standard InChI is InChI=1S/C20H16ClF3N2O5S/c1-12(27)31-11-32(28,29)15-6-3-13(4-7-15)17-10-19(20(22,23)24)25-26(17)14-5-8-18(30-2)16(21)9-14/h3-10H,11H2,1-2H3. The van der Waals surface area contributed by atoms with Crippen LogP contribution < -0.4 is 4.74 Å². The molecule has 0 saturated heterocycles. The largest absolute Gasteiger partial charge is 0.495 e. The lowest BCUT2D eigenvalue weighted by atomic mass is 10.1. The average molecular weight is 489 g/mol. The van der Waals surface area contributed by atoms with E-state index in [1.807, 2.05) is 0 Å². The molecule has 2 aromatic carbocycles. The summed E-state index contributed by atoms with van der Waals surface area (Å²) in [5.74, 6) is -1.27. The van der Waals surface area contributed by atoms with Gasteiger partial charge in [0.2, 0.25) is 9.84 Å². The van der Waals surface area contributed by atoms with Crippen LogP contribution >= 0.6 is 11.6 Å². The molecule has 0 bridgehead atoms. The minimum atomic E-state index is -4.70. The molecule has 0 aliphatic carbocycles. The van der Waals surface area contributed by atoms with E-state index >= 15 is 0 Å². The number of methoxy groups -OCH3 is 1. The van der Waals surface area contributed by atoms with Crippen molar-refractivity contribution >= 4 is 27.4 Å². The Morgan fingerprint density at radius 1 is 1.12 bits per heavy atom. The first-order valence-electron chi connectivity index (χ1n) is 8.90. The van der Waals surface area contributed by atoms with Crippen molar-refractivity contribution in [3.8, 4) is 22.7 Å². The Bertz CT molecular complexity index is 1260. The van der Waals surface area contributed by atoms with Crippen LogP contribution in [-0.4, -0.2) is 37.2 Å². The van der Waals surface area contributed by atoms with E-state index < -0.39 is 33.6 Å². The van der Waals surface area contributed by atoms with Gasteiger partial charge in [0.25, 0.3) is 0 Å². The maximum Gasteiger partial charge on any atom is 0.435 e. The Morgan fingerprint density at radius 3 is 2.31 bits per heavy atom. The number of rotatable bonds is 6. The van der Waals surface area contributed by atoms with Crippen LogP contribution in [0.4, 0.5) is 13.2 Å². The van der Waals surface area contributed by atoms with Crippen molar-refractivity contribution in [3.05, 3.63) is 59.2 Å². The van der Waals surface area contributed by atoms with Gasteiger partial charge in [0, 0.05) is 12.5 Å². The summed E-state index contributed by atoms with van der Waals surface area (Å²) in [6.07, 6.45) is -4.70. The third-order valence-electron chi connectivity index (χ3n) is 4.31. The van der Waals surface area contributed by atoms with Gasteiger partial charge in [-0.05, 0) is 36.4 Å². The van der Waals surface area contributed by atoms with E-state index in [2.05, 4.69) is 9.84 Å².